The van der Waals surface area contributed by atoms with Crippen molar-refractivity contribution in [1.82, 2.24) is 5.32 Å². The lowest BCUT2D eigenvalue weighted by molar-refractivity contribution is -0.120. The van der Waals surface area contributed by atoms with Crippen LogP contribution in [0.4, 0.5) is 18.9 Å². The summed E-state index contributed by atoms with van der Waals surface area (Å²) < 4.78 is 38.7. The van der Waals surface area contributed by atoms with Gasteiger partial charge in [-0.25, -0.2) is 0 Å². The number of benzene rings is 1. The maximum Gasteiger partial charge on any atom is 0.405 e. The van der Waals surface area contributed by atoms with Gasteiger partial charge in [0.05, 0.1) is 0 Å². The third kappa shape index (κ3) is 4.37. The summed E-state index contributed by atoms with van der Waals surface area (Å²) in [6.45, 7) is 4.00. The molecule has 0 heterocycles. The third-order valence-electron chi connectivity index (χ3n) is 3.82. The van der Waals surface area contributed by atoms with Crippen molar-refractivity contribution in [2.75, 3.05) is 18.0 Å². The van der Waals surface area contributed by atoms with E-state index in [0.717, 1.165) is 37.1 Å². The van der Waals surface area contributed by atoms with Crippen LogP contribution in [0.1, 0.15) is 44.7 Å². The lowest BCUT2D eigenvalue weighted by atomic mass is 10.0. The minimum absolute atomic E-state index is 0.0342. The second-order valence-corrected chi connectivity index (χ2v) is 5.55. The third-order valence-corrected chi connectivity index (χ3v) is 3.82. The first-order chi connectivity index (χ1) is 9.96. The van der Waals surface area contributed by atoms with Crippen LogP contribution in [-0.2, 0) is 0 Å². The van der Waals surface area contributed by atoms with E-state index in [2.05, 4.69) is 12.2 Å². The predicted molar refractivity (Wildman–Crippen MR) is 79.6 cm³/mol. The SMILES string of the molecule is CCNC(CC)c1ccccc1N(CC(F)(F)F)C1CC1. The number of anilines is 1. The fourth-order valence-electron chi connectivity index (χ4n) is 2.75. The minimum atomic E-state index is -4.17. The van der Waals surface area contributed by atoms with Crippen LogP contribution < -0.4 is 10.2 Å². The van der Waals surface area contributed by atoms with E-state index in [1.165, 1.54) is 4.90 Å². The molecule has 1 atom stereocenters. The maximum atomic E-state index is 12.9. The van der Waals surface area contributed by atoms with E-state index in [-0.39, 0.29) is 12.1 Å². The fraction of sp³-hybridized carbons (Fsp3) is 0.625. The Morgan fingerprint density at radius 3 is 2.43 bits per heavy atom. The molecule has 5 heteroatoms. The number of nitrogens with zero attached hydrogens (tertiary/aromatic N) is 1. The number of hydrogen-bond donors (Lipinski definition) is 1. The Morgan fingerprint density at radius 2 is 1.90 bits per heavy atom. The Morgan fingerprint density at radius 1 is 1.24 bits per heavy atom. The van der Waals surface area contributed by atoms with Gasteiger partial charge >= 0.3 is 6.18 Å². The van der Waals surface area contributed by atoms with E-state index in [4.69, 9.17) is 0 Å². The highest BCUT2D eigenvalue weighted by Gasteiger charge is 2.39. The first-order valence-corrected chi connectivity index (χ1v) is 7.62. The lowest BCUT2D eigenvalue weighted by Crippen LogP contribution is -2.37. The van der Waals surface area contributed by atoms with Gasteiger partial charge in [0, 0.05) is 17.8 Å². The lowest BCUT2D eigenvalue weighted by Gasteiger charge is -2.30. The van der Waals surface area contributed by atoms with Gasteiger partial charge in [-0.05, 0) is 37.4 Å². The molecule has 0 saturated heterocycles. The largest absolute Gasteiger partial charge is 0.405 e. The molecule has 1 unspecified atom stereocenters. The molecule has 1 saturated carbocycles. The molecular formula is C16H23F3N2. The zero-order valence-corrected chi connectivity index (χ0v) is 12.6. The Kier molecular flexibility index (Phi) is 5.14. The predicted octanol–water partition coefficient (Wildman–Crippen LogP) is 4.28. The molecular weight excluding hydrogens is 277 g/mol. The number of rotatable bonds is 7. The van der Waals surface area contributed by atoms with Gasteiger partial charge in [0.25, 0.3) is 0 Å². The number of hydrogen-bond acceptors (Lipinski definition) is 2. The number of alkyl halides is 3. The summed E-state index contributed by atoms with van der Waals surface area (Å²) in [5.74, 6) is 0. The summed E-state index contributed by atoms with van der Waals surface area (Å²) in [4.78, 5) is 1.54. The van der Waals surface area contributed by atoms with Gasteiger partial charge in [-0.2, -0.15) is 13.2 Å². The summed E-state index contributed by atoms with van der Waals surface area (Å²) in [5, 5.41) is 3.36. The minimum Gasteiger partial charge on any atom is -0.359 e. The number of halogens is 3. The van der Waals surface area contributed by atoms with E-state index >= 15 is 0 Å². The second kappa shape index (κ2) is 6.69. The zero-order chi connectivity index (χ0) is 15.5. The first-order valence-electron chi connectivity index (χ1n) is 7.62. The molecule has 21 heavy (non-hydrogen) atoms. The summed E-state index contributed by atoms with van der Waals surface area (Å²) in [6, 6.07) is 7.62. The molecule has 0 bridgehead atoms. The van der Waals surface area contributed by atoms with Crippen molar-refractivity contribution >= 4 is 5.69 Å². The van der Waals surface area contributed by atoms with Gasteiger partial charge in [0.15, 0.2) is 0 Å². The molecule has 0 spiro atoms. The molecule has 1 aliphatic rings. The van der Waals surface area contributed by atoms with Crippen LogP contribution in [0.3, 0.4) is 0 Å². The quantitative estimate of drug-likeness (QED) is 0.808. The van der Waals surface area contributed by atoms with Crippen molar-refractivity contribution < 1.29 is 13.2 Å². The smallest absolute Gasteiger partial charge is 0.359 e. The van der Waals surface area contributed by atoms with Gasteiger partial charge in [-0.3, -0.25) is 0 Å². The molecule has 2 nitrogen and oxygen atoms in total. The van der Waals surface area contributed by atoms with Crippen LogP contribution in [0.25, 0.3) is 0 Å². The highest BCUT2D eigenvalue weighted by atomic mass is 19.4. The normalized spacial score (nSPS) is 16.8. The summed E-state index contributed by atoms with van der Waals surface area (Å²) in [7, 11) is 0. The Hall–Kier alpha value is -1.23. The van der Waals surface area contributed by atoms with Crippen LogP contribution >= 0.6 is 0 Å². The monoisotopic (exact) mass is 300 g/mol. The van der Waals surface area contributed by atoms with Crippen LogP contribution in [0.15, 0.2) is 24.3 Å². The molecule has 0 radical (unpaired) electrons. The molecule has 0 amide bonds. The van der Waals surface area contributed by atoms with Crippen LogP contribution in [0.2, 0.25) is 0 Å². The summed E-state index contributed by atoms with van der Waals surface area (Å²) >= 11 is 0. The maximum absolute atomic E-state index is 12.9. The zero-order valence-electron chi connectivity index (χ0n) is 12.6. The fourth-order valence-corrected chi connectivity index (χ4v) is 2.75. The van der Waals surface area contributed by atoms with Crippen molar-refractivity contribution in [1.29, 1.82) is 0 Å². The molecule has 1 aromatic carbocycles. The van der Waals surface area contributed by atoms with Crippen molar-refractivity contribution in [2.24, 2.45) is 0 Å². The molecule has 0 aliphatic heterocycles. The van der Waals surface area contributed by atoms with E-state index in [9.17, 15) is 13.2 Å². The highest BCUT2D eigenvalue weighted by Crippen LogP contribution is 2.38. The molecule has 0 aromatic heterocycles. The van der Waals surface area contributed by atoms with Gasteiger partial charge in [0.1, 0.15) is 6.54 Å². The molecule has 2 rings (SSSR count). The average Bonchev–Trinajstić information content (AvgIpc) is 3.26. The van der Waals surface area contributed by atoms with E-state index in [0.29, 0.717) is 0 Å². The second-order valence-electron chi connectivity index (χ2n) is 5.55. The van der Waals surface area contributed by atoms with E-state index < -0.39 is 12.7 Å². The molecule has 1 aromatic rings. The molecule has 1 fully saturated rings. The van der Waals surface area contributed by atoms with Crippen molar-refractivity contribution in [3.8, 4) is 0 Å². The Labute approximate surface area is 124 Å². The Balaban J connectivity index is 2.31. The van der Waals surface area contributed by atoms with Gasteiger partial charge < -0.3 is 10.2 Å². The van der Waals surface area contributed by atoms with Gasteiger partial charge in [0.2, 0.25) is 0 Å². The first kappa shape index (κ1) is 16.1. The average molecular weight is 300 g/mol. The molecule has 118 valence electrons. The molecule has 1 N–H and O–H groups in total. The van der Waals surface area contributed by atoms with Crippen LogP contribution in [0, 0.1) is 0 Å². The standard InChI is InChI=1S/C16H23F3N2/c1-3-14(20-4-2)13-7-5-6-8-15(13)21(12-9-10-12)11-16(17,18)19/h5-8,12,14,20H,3-4,9-11H2,1-2H3. The highest BCUT2D eigenvalue weighted by molar-refractivity contribution is 5.57. The van der Waals surface area contributed by atoms with Crippen LogP contribution in [0.5, 0.6) is 0 Å². The molecule has 1 aliphatic carbocycles. The van der Waals surface area contributed by atoms with Crippen molar-refractivity contribution in [3.05, 3.63) is 29.8 Å². The van der Waals surface area contributed by atoms with E-state index in [1.807, 2.05) is 31.2 Å². The van der Waals surface area contributed by atoms with Crippen LogP contribution in [-0.4, -0.2) is 25.3 Å². The van der Waals surface area contributed by atoms with Gasteiger partial charge in [-0.1, -0.05) is 32.0 Å². The number of nitrogens with one attached hydrogen (secondary N) is 1. The van der Waals surface area contributed by atoms with Crippen molar-refractivity contribution in [2.45, 2.75) is 51.4 Å². The van der Waals surface area contributed by atoms with Gasteiger partial charge in [-0.15, -0.1) is 0 Å². The van der Waals surface area contributed by atoms with E-state index in [1.54, 1.807) is 0 Å². The van der Waals surface area contributed by atoms with Crippen molar-refractivity contribution in [3.63, 3.8) is 0 Å². The topological polar surface area (TPSA) is 15.3 Å². The number of para-hydroxylation sites is 1. The Bertz CT molecular complexity index is 455. The summed E-state index contributed by atoms with van der Waals surface area (Å²) in [5.41, 5.74) is 1.70. The summed E-state index contributed by atoms with van der Waals surface area (Å²) in [6.07, 6.45) is -1.62.